The molecule has 10 heteroatoms. The van der Waals surface area contributed by atoms with Gasteiger partial charge in [-0.25, -0.2) is 4.98 Å². The lowest BCUT2D eigenvalue weighted by Crippen LogP contribution is -2.59. The van der Waals surface area contributed by atoms with Gasteiger partial charge in [0.15, 0.2) is 10.2 Å². The number of nitrogens with zero attached hydrogens (tertiary/aromatic N) is 3. The summed E-state index contributed by atoms with van der Waals surface area (Å²) in [7, 11) is 1.64. The fourth-order valence-electron chi connectivity index (χ4n) is 4.81. The highest BCUT2D eigenvalue weighted by molar-refractivity contribution is 7.80. The van der Waals surface area contributed by atoms with Crippen molar-refractivity contribution in [1.82, 2.24) is 20.1 Å². The number of piperazine rings is 1. The quantitative estimate of drug-likeness (QED) is 0.519. The maximum absolute atomic E-state index is 13.3. The van der Waals surface area contributed by atoms with E-state index in [9.17, 15) is 9.59 Å². The zero-order chi connectivity index (χ0) is 24.6. The normalized spacial score (nSPS) is 17.7. The average Bonchev–Trinajstić information content (AvgIpc) is 3.40. The van der Waals surface area contributed by atoms with Crippen LogP contribution in [0.2, 0.25) is 0 Å². The van der Waals surface area contributed by atoms with E-state index in [0.29, 0.717) is 42.2 Å². The van der Waals surface area contributed by atoms with Gasteiger partial charge in [-0.05, 0) is 42.3 Å². The van der Waals surface area contributed by atoms with E-state index >= 15 is 0 Å². The van der Waals surface area contributed by atoms with Crippen LogP contribution < -0.4 is 15.4 Å². The van der Waals surface area contributed by atoms with E-state index in [1.165, 1.54) is 30.6 Å². The van der Waals surface area contributed by atoms with E-state index in [1.54, 1.807) is 18.2 Å². The Bertz CT molecular complexity index is 993. The molecule has 2 aliphatic rings. The highest BCUT2D eigenvalue weighted by atomic mass is 32.1. The van der Waals surface area contributed by atoms with E-state index in [4.69, 9.17) is 17.0 Å². The topological polar surface area (TPSA) is 86.8 Å². The monoisotopic (exact) mass is 515 g/mol. The molecule has 0 radical (unpaired) electrons. The third kappa shape index (κ3) is 6.91. The number of benzene rings is 1. The summed E-state index contributed by atoms with van der Waals surface area (Å²) in [5.41, 5.74) is 1.07. The van der Waals surface area contributed by atoms with Crippen molar-refractivity contribution in [2.75, 3.05) is 32.1 Å². The molecule has 2 N–H and O–H groups in total. The van der Waals surface area contributed by atoms with Gasteiger partial charge in [-0.1, -0.05) is 44.2 Å². The minimum Gasteiger partial charge on any atom is -0.497 e. The van der Waals surface area contributed by atoms with Crippen molar-refractivity contribution in [1.29, 1.82) is 0 Å². The predicted octanol–water partition coefficient (Wildman–Crippen LogP) is 3.65. The van der Waals surface area contributed by atoms with Crippen LogP contribution in [0.4, 0.5) is 5.13 Å². The lowest BCUT2D eigenvalue weighted by Gasteiger charge is -2.40. The molecule has 2 aromatic rings. The van der Waals surface area contributed by atoms with Gasteiger partial charge >= 0.3 is 0 Å². The number of hydrogen-bond donors (Lipinski definition) is 2. The standard InChI is InChI=1S/C25H33N5O3S2/c1-33-20-9-7-19(8-10-20)16-27-25(34)29-12-13-30(22(31)17-29)21(15-18-5-3-2-4-6-18)23(32)28-24-26-11-14-35-24/h7-11,14,18,21H,2-6,12-13,15-17H2,1H3,(H,27,34)(H,26,28,32). The second-order valence-electron chi connectivity index (χ2n) is 9.10. The number of carbonyl (C=O) groups excluding carboxylic acids is 2. The predicted molar refractivity (Wildman–Crippen MR) is 141 cm³/mol. The zero-order valence-corrected chi connectivity index (χ0v) is 21.7. The number of methoxy groups -OCH3 is 1. The molecule has 1 saturated heterocycles. The summed E-state index contributed by atoms with van der Waals surface area (Å²) < 4.78 is 5.20. The molecule has 188 valence electrons. The molecule has 1 aromatic carbocycles. The summed E-state index contributed by atoms with van der Waals surface area (Å²) in [5, 5.41) is 9.12. The average molecular weight is 516 g/mol. The Morgan fingerprint density at radius 3 is 2.66 bits per heavy atom. The van der Waals surface area contributed by atoms with Gasteiger partial charge in [0.1, 0.15) is 11.8 Å². The number of anilines is 1. The molecule has 1 aliphatic heterocycles. The highest BCUT2D eigenvalue weighted by Gasteiger charge is 2.36. The number of rotatable bonds is 8. The molecule has 2 heterocycles. The van der Waals surface area contributed by atoms with Crippen LogP contribution in [0.15, 0.2) is 35.8 Å². The van der Waals surface area contributed by atoms with Crippen molar-refractivity contribution in [2.24, 2.45) is 5.92 Å². The van der Waals surface area contributed by atoms with Gasteiger partial charge < -0.3 is 25.2 Å². The van der Waals surface area contributed by atoms with Gasteiger partial charge in [-0.15, -0.1) is 11.3 Å². The molecule has 1 unspecified atom stereocenters. The van der Waals surface area contributed by atoms with Crippen LogP contribution in [0.25, 0.3) is 0 Å². The maximum atomic E-state index is 13.3. The van der Waals surface area contributed by atoms with E-state index in [2.05, 4.69) is 15.6 Å². The third-order valence-electron chi connectivity index (χ3n) is 6.77. The van der Waals surface area contributed by atoms with Crippen LogP contribution in [0.5, 0.6) is 5.75 Å². The molecule has 2 fully saturated rings. The second-order valence-corrected chi connectivity index (χ2v) is 10.4. The molecule has 35 heavy (non-hydrogen) atoms. The van der Waals surface area contributed by atoms with Crippen LogP contribution in [-0.2, 0) is 16.1 Å². The highest BCUT2D eigenvalue weighted by Crippen LogP contribution is 2.30. The maximum Gasteiger partial charge on any atom is 0.248 e. The minimum absolute atomic E-state index is 0.0695. The molecule has 1 atom stereocenters. The Kier molecular flexibility index (Phi) is 8.92. The smallest absolute Gasteiger partial charge is 0.248 e. The fraction of sp³-hybridized carbons (Fsp3) is 0.520. The van der Waals surface area contributed by atoms with Crippen LogP contribution in [0.3, 0.4) is 0 Å². The van der Waals surface area contributed by atoms with Gasteiger partial charge in [0, 0.05) is 31.2 Å². The molecule has 8 nitrogen and oxygen atoms in total. The van der Waals surface area contributed by atoms with Crippen molar-refractivity contribution in [3.8, 4) is 5.75 Å². The van der Waals surface area contributed by atoms with E-state index in [1.807, 2.05) is 34.5 Å². The lowest BCUT2D eigenvalue weighted by atomic mass is 9.84. The third-order valence-corrected chi connectivity index (χ3v) is 7.86. The first-order valence-corrected chi connectivity index (χ1v) is 13.5. The number of thiazole rings is 1. The van der Waals surface area contributed by atoms with Crippen LogP contribution in [0.1, 0.15) is 44.1 Å². The number of carbonyl (C=O) groups is 2. The Hall–Kier alpha value is -2.72. The number of amides is 2. The molecule has 4 rings (SSSR count). The van der Waals surface area contributed by atoms with Crippen LogP contribution in [0, 0.1) is 5.92 Å². The minimum atomic E-state index is -0.488. The molecule has 2 amide bonds. The fourth-order valence-corrected chi connectivity index (χ4v) is 5.57. The van der Waals surface area contributed by atoms with Crippen molar-refractivity contribution in [2.45, 2.75) is 51.1 Å². The van der Waals surface area contributed by atoms with Crippen molar-refractivity contribution in [3.63, 3.8) is 0 Å². The number of ether oxygens (including phenoxy) is 1. The zero-order valence-electron chi connectivity index (χ0n) is 20.1. The van der Waals surface area contributed by atoms with Gasteiger partial charge in [0.2, 0.25) is 11.8 Å². The first-order valence-electron chi connectivity index (χ1n) is 12.2. The Morgan fingerprint density at radius 1 is 1.23 bits per heavy atom. The Labute approximate surface area is 216 Å². The summed E-state index contributed by atoms with van der Waals surface area (Å²) in [4.78, 5) is 34.3. The number of hydrogen-bond acceptors (Lipinski definition) is 6. The molecule has 0 spiro atoms. The number of aromatic nitrogens is 1. The van der Waals surface area contributed by atoms with Gasteiger partial charge in [0.25, 0.3) is 0 Å². The summed E-state index contributed by atoms with van der Waals surface area (Å²) >= 11 is 6.96. The summed E-state index contributed by atoms with van der Waals surface area (Å²) in [6.07, 6.45) is 8.25. The summed E-state index contributed by atoms with van der Waals surface area (Å²) in [6, 6.07) is 7.29. The van der Waals surface area contributed by atoms with Crippen LogP contribution >= 0.6 is 23.6 Å². The van der Waals surface area contributed by atoms with Gasteiger partial charge in [-0.2, -0.15) is 0 Å². The van der Waals surface area contributed by atoms with E-state index < -0.39 is 6.04 Å². The van der Waals surface area contributed by atoms with Gasteiger partial charge in [0.05, 0.1) is 13.7 Å². The van der Waals surface area contributed by atoms with Crippen molar-refractivity contribution in [3.05, 3.63) is 41.4 Å². The molecular formula is C25H33N5O3S2. The largest absolute Gasteiger partial charge is 0.497 e. The molecule has 1 saturated carbocycles. The Balaban J connectivity index is 1.35. The van der Waals surface area contributed by atoms with Gasteiger partial charge in [-0.3, -0.25) is 9.59 Å². The van der Waals surface area contributed by atoms with E-state index in [-0.39, 0.29) is 18.4 Å². The summed E-state index contributed by atoms with van der Waals surface area (Å²) in [6.45, 7) is 1.79. The Morgan fingerprint density at radius 2 is 2.00 bits per heavy atom. The first-order chi connectivity index (χ1) is 17.0. The van der Waals surface area contributed by atoms with Crippen molar-refractivity contribution < 1.29 is 14.3 Å². The number of nitrogens with one attached hydrogen (secondary N) is 2. The second kappa shape index (κ2) is 12.3. The molecule has 0 bridgehead atoms. The molecular weight excluding hydrogens is 482 g/mol. The summed E-state index contributed by atoms with van der Waals surface area (Å²) in [5.74, 6) is 1.06. The SMILES string of the molecule is COc1ccc(CNC(=S)N2CCN(C(CC3CCCCC3)C(=O)Nc3nccs3)C(=O)C2)cc1. The molecule has 1 aliphatic carbocycles. The number of thiocarbonyl (C=S) groups is 1. The molecule has 1 aromatic heterocycles. The lowest BCUT2D eigenvalue weighted by molar-refractivity contribution is -0.142. The van der Waals surface area contributed by atoms with Crippen molar-refractivity contribution >= 4 is 45.6 Å². The van der Waals surface area contributed by atoms with E-state index in [0.717, 1.165) is 24.2 Å². The van der Waals surface area contributed by atoms with Crippen LogP contribution in [-0.4, -0.2) is 64.5 Å². The first kappa shape index (κ1) is 25.4.